The summed E-state index contributed by atoms with van der Waals surface area (Å²) in [6.45, 7) is 8.20. The van der Waals surface area contributed by atoms with E-state index < -0.39 is 0 Å². The number of amides is 2. The fraction of sp³-hybridized carbons (Fsp3) is 0.480. The molecule has 2 amide bonds. The molecule has 1 saturated heterocycles. The lowest BCUT2D eigenvalue weighted by Crippen LogP contribution is -2.47. The number of hydrogen-bond acceptors (Lipinski definition) is 8. The van der Waals surface area contributed by atoms with E-state index in [1.54, 1.807) is 31.9 Å². The van der Waals surface area contributed by atoms with Crippen LogP contribution in [0.25, 0.3) is 22.4 Å². The van der Waals surface area contributed by atoms with E-state index in [4.69, 9.17) is 13.7 Å². The quantitative estimate of drug-likeness (QED) is 0.491. The van der Waals surface area contributed by atoms with E-state index in [9.17, 15) is 14.4 Å². The lowest BCUT2D eigenvalue weighted by molar-refractivity contribution is -0.151. The molecule has 3 aromatic rings. The van der Waals surface area contributed by atoms with E-state index in [-0.39, 0.29) is 36.0 Å². The first kappa shape index (κ1) is 24.4. The van der Waals surface area contributed by atoms with Crippen LogP contribution < -0.4 is 0 Å². The number of piperidine rings is 1. The van der Waals surface area contributed by atoms with E-state index in [2.05, 4.69) is 10.1 Å². The molecule has 10 nitrogen and oxygen atoms in total. The predicted molar refractivity (Wildman–Crippen MR) is 127 cm³/mol. The standard InChI is InChI=1S/C25H30N4O6/c1-6-33-25(32)17-8-7-9-29(12-17)21(30)13-28(5)24(31)19-11-20(18-10-14(2)34-16(18)4)26-23-22(19)15(3)27-35-23/h10-11,17H,6-9,12-13H2,1-5H3. The van der Waals surface area contributed by atoms with Crippen LogP contribution in [-0.2, 0) is 14.3 Å². The van der Waals surface area contributed by atoms with Gasteiger partial charge < -0.3 is 23.5 Å². The normalized spacial score (nSPS) is 15.9. The second-order valence-electron chi connectivity index (χ2n) is 8.92. The molecule has 4 heterocycles. The van der Waals surface area contributed by atoms with Gasteiger partial charge in [-0.05, 0) is 52.7 Å². The lowest BCUT2D eigenvalue weighted by atomic mass is 9.98. The smallest absolute Gasteiger partial charge is 0.310 e. The second-order valence-corrected chi connectivity index (χ2v) is 8.92. The fourth-order valence-electron chi connectivity index (χ4n) is 4.52. The van der Waals surface area contributed by atoms with Gasteiger partial charge in [-0.2, -0.15) is 0 Å². The zero-order valence-corrected chi connectivity index (χ0v) is 20.7. The molecule has 0 bridgehead atoms. The maximum Gasteiger partial charge on any atom is 0.310 e. The van der Waals surface area contributed by atoms with Gasteiger partial charge in [-0.15, -0.1) is 0 Å². The van der Waals surface area contributed by atoms with Crippen molar-refractivity contribution in [3.63, 3.8) is 0 Å². The summed E-state index contributed by atoms with van der Waals surface area (Å²) < 4.78 is 16.1. The number of likely N-dealkylation sites (N-methyl/N-ethyl adjacent to an activating group) is 1. The third kappa shape index (κ3) is 4.91. The monoisotopic (exact) mass is 482 g/mol. The molecule has 1 unspecified atom stereocenters. The number of esters is 1. The van der Waals surface area contributed by atoms with Crippen molar-refractivity contribution >= 4 is 28.9 Å². The maximum atomic E-state index is 13.5. The highest BCUT2D eigenvalue weighted by atomic mass is 16.5. The number of aryl methyl sites for hydroxylation is 3. The highest BCUT2D eigenvalue weighted by molar-refractivity contribution is 6.07. The maximum absolute atomic E-state index is 13.5. The number of ether oxygens (including phenoxy) is 1. The van der Waals surface area contributed by atoms with Gasteiger partial charge in [0.05, 0.1) is 41.4 Å². The van der Waals surface area contributed by atoms with Crippen LogP contribution in [0.4, 0.5) is 0 Å². The number of carbonyl (C=O) groups is 3. The number of carbonyl (C=O) groups excluding carboxylic acids is 3. The van der Waals surface area contributed by atoms with Gasteiger partial charge in [-0.25, -0.2) is 4.98 Å². The third-order valence-electron chi connectivity index (χ3n) is 6.28. The molecule has 0 spiro atoms. The zero-order chi connectivity index (χ0) is 25.3. The van der Waals surface area contributed by atoms with Crippen molar-refractivity contribution in [3.8, 4) is 11.3 Å². The van der Waals surface area contributed by atoms with E-state index in [1.807, 2.05) is 19.9 Å². The van der Waals surface area contributed by atoms with Crippen LogP contribution in [0.3, 0.4) is 0 Å². The number of nitrogens with zero attached hydrogens (tertiary/aromatic N) is 4. The number of pyridine rings is 1. The number of rotatable bonds is 6. The van der Waals surface area contributed by atoms with Gasteiger partial charge in [-0.1, -0.05) is 5.16 Å². The average Bonchev–Trinajstić information content (AvgIpc) is 3.38. The minimum absolute atomic E-state index is 0.123. The van der Waals surface area contributed by atoms with Crippen LogP contribution in [0.5, 0.6) is 0 Å². The Hall–Kier alpha value is -3.69. The number of aromatic nitrogens is 2. The van der Waals surface area contributed by atoms with Gasteiger partial charge in [0.15, 0.2) is 0 Å². The first-order valence-corrected chi connectivity index (χ1v) is 11.7. The van der Waals surface area contributed by atoms with Crippen molar-refractivity contribution in [3.05, 3.63) is 34.9 Å². The highest BCUT2D eigenvalue weighted by Crippen LogP contribution is 2.31. The lowest BCUT2D eigenvalue weighted by Gasteiger charge is -2.32. The van der Waals surface area contributed by atoms with Crippen molar-refractivity contribution in [2.45, 2.75) is 40.5 Å². The molecular weight excluding hydrogens is 452 g/mol. The molecule has 35 heavy (non-hydrogen) atoms. The molecule has 186 valence electrons. The first-order valence-electron chi connectivity index (χ1n) is 11.7. The Morgan fingerprint density at radius 3 is 2.69 bits per heavy atom. The zero-order valence-electron chi connectivity index (χ0n) is 20.7. The summed E-state index contributed by atoms with van der Waals surface area (Å²) in [5.74, 6) is 0.213. The van der Waals surface area contributed by atoms with Gasteiger partial charge >= 0.3 is 5.97 Å². The summed E-state index contributed by atoms with van der Waals surface area (Å²) >= 11 is 0. The molecule has 0 N–H and O–H groups in total. The topological polar surface area (TPSA) is 119 Å². The summed E-state index contributed by atoms with van der Waals surface area (Å²) in [6, 6.07) is 3.54. The van der Waals surface area contributed by atoms with Crippen molar-refractivity contribution in [2.24, 2.45) is 5.92 Å². The van der Waals surface area contributed by atoms with Gasteiger partial charge in [0.1, 0.15) is 11.5 Å². The summed E-state index contributed by atoms with van der Waals surface area (Å²) in [5, 5.41) is 4.49. The average molecular weight is 483 g/mol. The minimum Gasteiger partial charge on any atom is -0.466 e. The van der Waals surface area contributed by atoms with Gasteiger partial charge in [0.2, 0.25) is 5.91 Å². The van der Waals surface area contributed by atoms with Crippen LogP contribution in [0.15, 0.2) is 21.1 Å². The van der Waals surface area contributed by atoms with Crippen LogP contribution in [-0.4, -0.2) is 71.0 Å². The Kier molecular flexibility index (Phi) is 6.90. The fourth-order valence-corrected chi connectivity index (χ4v) is 4.52. The largest absolute Gasteiger partial charge is 0.466 e. The number of hydrogen-bond donors (Lipinski definition) is 0. The third-order valence-corrected chi connectivity index (χ3v) is 6.28. The molecule has 1 fully saturated rings. The van der Waals surface area contributed by atoms with Gasteiger partial charge in [0, 0.05) is 25.7 Å². The van der Waals surface area contributed by atoms with E-state index in [1.165, 1.54) is 4.90 Å². The summed E-state index contributed by atoms with van der Waals surface area (Å²) in [7, 11) is 1.58. The molecule has 0 aliphatic carbocycles. The Morgan fingerprint density at radius 1 is 1.23 bits per heavy atom. The van der Waals surface area contributed by atoms with Crippen LogP contribution >= 0.6 is 0 Å². The SMILES string of the molecule is CCOC(=O)C1CCCN(C(=O)CN(C)C(=O)c2cc(-c3cc(C)oc3C)nc3onc(C)c23)C1. The Balaban J connectivity index is 1.57. The van der Waals surface area contributed by atoms with E-state index in [0.717, 1.165) is 11.3 Å². The molecule has 3 aromatic heterocycles. The first-order chi connectivity index (χ1) is 16.7. The minimum atomic E-state index is -0.352. The van der Waals surface area contributed by atoms with E-state index in [0.29, 0.717) is 60.6 Å². The van der Waals surface area contributed by atoms with Crippen LogP contribution in [0.2, 0.25) is 0 Å². The number of fused-ring (bicyclic) bond motifs is 1. The van der Waals surface area contributed by atoms with E-state index >= 15 is 0 Å². The molecule has 1 aliphatic heterocycles. The Morgan fingerprint density at radius 2 is 2.00 bits per heavy atom. The van der Waals surface area contributed by atoms with Crippen molar-refractivity contribution in [2.75, 3.05) is 33.3 Å². The molecule has 1 aliphatic rings. The molecule has 1 atom stereocenters. The van der Waals surface area contributed by atoms with Crippen LogP contribution in [0.1, 0.15) is 47.3 Å². The molecule has 4 rings (SSSR count). The number of furan rings is 1. The molecule has 0 radical (unpaired) electrons. The molecule has 0 saturated carbocycles. The molecule has 10 heteroatoms. The summed E-state index contributed by atoms with van der Waals surface area (Å²) in [6.07, 6.45) is 1.40. The van der Waals surface area contributed by atoms with Crippen LogP contribution in [0, 0.1) is 26.7 Å². The van der Waals surface area contributed by atoms with Gasteiger partial charge in [0.25, 0.3) is 11.6 Å². The van der Waals surface area contributed by atoms with Crippen molar-refractivity contribution in [1.29, 1.82) is 0 Å². The molecular formula is C25H30N4O6. The molecule has 0 aromatic carbocycles. The summed E-state index contributed by atoms with van der Waals surface area (Å²) in [5.41, 5.74) is 2.41. The highest BCUT2D eigenvalue weighted by Gasteiger charge is 2.31. The van der Waals surface area contributed by atoms with Gasteiger partial charge in [-0.3, -0.25) is 14.4 Å². The van der Waals surface area contributed by atoms with Crippen molar-refractivity contribution in [1.82, 2.24) is 19.9 Å². The Bertz CT molecular complexity index is 1280. The predicted octanol–water partition coefficient (Wildman–Crippen LogP) is 3.28. The second kappa shape index (κ2) is 9.89. The Labute approximate surface area is 203 Å². The number of likely N-dealkylation sites (tertiary alicyclic amines) is 1. The summed E-state index contributed by atoms with van der Waals surface area (Å²) in [4.78, 5) is 46.2. The van der Waals surface area contributed by atoms with Crippen molar-refractivity contribution < 1.29 is 28.1 Å².